The van der Waals surface area contributed by atoms with Gasteiger partial charge in [-0.15, -0.1) is 5.10 Å². The standard InChI is InChI=1S/C11H8ClN5/c12-10-9-11(14-7-13-10)17(16-15-9)6-8-4-2-1-3-5-8/h1-5,7H,6H2. The lowest BCUT2D eigenvalue weighted by Crippen LogP contribution is -2.02. The maximum atomic E-state index is 5.91. The summed E-state index contributed by atoms with van der Waals surface area (Å²) in [6.07, 6.45) is 1.41. The first-order chi connectivity index (χ1) is 8.34. The summed E-state index contributed by atoms with van der Waals surface area (Å²) >= 11 is 5.91. The summed E-state index contributed by atoms with van der Waals surface area (Å²) in [7, 11) is 0. The van der Waals surface area contributed by atoms with E-state index in [0.29, 0.717) is 22.9 Å². The first-order valence-electron chi connectivity index (χ1n) is 5.08. The molecule has 0 spiro atoms. The van der Waals surface area contributed by atoms with Crippen molar-refractivity contribution in [1.82, 2.24) is 25.0 Å². The molecular weight excluding hydrogens is 238 g/mol. The summed E-state index contributed by atoms with van der Waals surface area (Å²) in [5, 5.41) is 8.33. The van der Waals surface area contributed by atoms with E-state index in [1.807, 2.05) is 30.3 Å². The van der Waals surface area contributed by atoms with Crippen LogP contribution in [0.4, 0.5) is 0 Å². The van der Waals surface area contributed by atoms with Gasteiger partial charge in [0.1, 0.15) is 6.33 Å². The molecule has 6 heteroatoms. The molecule has 0 bridgehead atoms. The van der Waals surface area contributed by atoms with Crippen LogP contribution < -0.4 is 0 Å². The molecule has 3 rings (SSSR count). The lowest BCUT2D eigenvalue weighted by molar-refractivity contribution is 0.664. The van der Waals surface area contributed by atoms with E-state index < -0.39 is 0 Å². The van der Waals surface area contributed by atoms with Crippen LogP contribution in [0.1, 0.15) is 5.56 Å². The number of aromatic nitrogens is 5. The Kier molecular flexibility index (Phi) is 2.45. The Morgan fingerprint density at radius 2 is 1.94 bits per heavy atom. The van der Waals surface area contributed by atoms with Gasteiger partial charge in [-0.2, -0.15) is 0 Å². The molecule has 2 heterocycles. The van der Waals surface area contributed by atoms with E-state index in [2.05, 4.69) is 20.3 Å². The van der Waals surface area contributed by atoms with Crippen LogP contribution in [-0.2, 0) is 6.54 Å². The molecule has 0 amide bonds. The Hall–Kier alpha value is -2.01. The molecule has 3 aromatic rings. The largest absolute Gasteiger partial charge is 0.222 e. The number of rotatable bonds is 2. The molecular formula is C11H8ClN5. The number of hydrogen-bond acceptors (Lipinski definition) is 4. The zero-order valence-electron chi connectivity index (χ0n) is 8.79. The molecule has 0 fully saturated rings. The molecule has 0 saturated carbocycles. The maximum absolute atomic E-state index is 5.91. The molecule has 0 atom stereocenters. The average Bonchev–Trinajstić information content (AvgIpc) is 2.76. The van der Waals surface area contributed by atoms with Crippen molar-refractivity contribution in [3.63, 3.8) is 0 Å². The number of halogens is 1. The molecule has 17 heavy (non-hydrogen) atoms. The van der Waals surface area contributed by atoms with Gasteiger partial charge in [0.15, 0.2) is 16.3 Å². The van der Waals surface area contributed by atoms with Gasteiger partial charge < -0.3 is 0 Å². The summed E-state index contributed by atoms with van der Waals surface area (Å²) in [5.41, 5.74) is 2.31. The minimum Gasteiger partial charge on any atom is -0.222 e. The number of fused-ring (bicyclic) bond motifs is 1. The quantitative estimate of drug-likeness (QED) is 0.648. The van der Waals surface area contributed by atoms with Crippen LogP contribution in [0.3, 0.4) is 0 Å². The molecule has 0 radical (unpaired) electrons. The highest BCUT2D eigenvalue weighted by Crippen LogP contribution is 2.16. The van der Waals surface area contributed by atoms with E-state index in [1.165, 1.54) is 6.33 Å². The zero-order chi connectivity index (χ0) is 11.7. The normalized spacial score (nSPS) is 10.9. The van der Waals surface area contributed by atoms with Crippen LogP contribution in [0.25, 0.3) is 11.2 Å². The second-order valence-electron chi connectivity index (χ2n) is 3.57. The van der Waals surface area contributed by atoms with Gasteiger partial charge in [0.25, 0.3) is 0 Å². The van der Waals surface area contributed by atoms with Crippen LogP contribution in [0, 0.1) is 0 Å². The van der Waals surface area contributed by atoms with E-state index in [0.717, 1.165) is 5.56 Å². The average molecular weight is 246 g/mol. The van der Waals surface area contributed by atoms with Gasteiger partial charge in [0.2, 0.25) is 0 Å². The molecule has 0 saturated heterocycles. The number of nitrogens with zero attached hydrogens (tertiary/aromatic N) is 5. The Balaban J connectivity index is 2.05. The minimum absolute atomic E-state index is 0.328. The van der Waals surface area contributed by atoms with Crippen LogP contribution >= 0.6 is 11.6 Å². The lowest BCUT2D eigenvalue weighted by Gasteiger charge is -2.01. The fraction of sp³-hybridized carbons (Fsp3) is 0.0909. The van der Waals surface area contributed by atoms with E-state index in [-0.39, 0.29) is 0 Å². The van der Waals surface area contributed by atoms with Crippen molar-refractivity contribution in [3.05, 3.63) is 47.4 Å². The Morgan fingerprint density at radius 1 is 1.12 bits per heavy atom. The van der Waals surface area contributed by atoms with Crippen molar-refractivity contribution in [3.8, 4) is 0 Å². The highest BCUT2D eigenvalue weighted by molar-refractivity contribution is 6.33. The van der Waals surface area contributed by atoms with Crippen molar-refractivity contribution in [2.45, 2.75) is 6.54 Å². The van der Waals surface area contributed by atoms with Gasteiger partial charge in [-0.3, -0.25) is 0 Å². The highest BCUT2D eigenvalue weighted by Gasteiger charge is 2.09. The van der Waals surface area contributed by atoms with Gasteiger partial charge in [-0.1, -0.05) is 47.1 Å². The van der Waals surface area contributed by atoms with Gasteiger partial charge >= 0.3 is 0 Å². The third-order valence-electron chi connectivity index (χ3n) is 2.43. The topological polar surface area (TPSA) is 56.5 Å². The summed E-state index contributed by atoms with van der Waals surface area (Å²) in [6.45, 7) is 0.616. The minimum atomic E-state index is 0.328. The molecule has 2 aromatic heterocycles. The monoisotopic (exact) mass is 245 g/mol. The Bertz CT molecular complexity index is 649. The first-order valence-corrected chi connectivity index (χ1v) is 5.46. The van der Waals surface area contributed by atoms with E-state index in [9.17, 15) is 0 Å². The second-order valence-corrected chi connectivity index (χ2v) is 3.93. The van der Waals surface area contributed by atoms with Gasteiger partial charge in [-0.25, -0.2) is 14.6 Å². The van der Waals surface area contributed by atoms with Crippen LogP contribution in [0.5, 0.6) is 0 Å². The molecule has 0 unspecified atom stereocenters. The van der Waals surface area contributed by atoms with Crippen molar-refractivity contribution in [2.75, 3.05) is 0 Å². The molecule has 5 nitrogen and oxygen atoms in total. The predicted octanol–water partition coefficient (Wildman–Crippen LogP) is 1.92. The fourth-order valence-corrected chi connectivity index (χ4v) is 1.79. The fourth-order valence-electron chi connectivity index (χ4n) is 1.63. The van der Waals surface area contributed by atoms with Crippen molar-refractivity contribution < 1.29 is 0 Å². The van der Waals surface area contributed by atoms with Crippen molar-refractivity contribution >= 4 is 22.8 Å². The first kappa shape index (κ1) is 10.2. The highest BCUT2D eigenvalue weighted by atomic mass is 35.5. The lowest BCUT2D eigenvalue weighted by atomic mass is 10.2. The Morgan fingerprint density at radius 3 is 2.76 bits per heavy atom. The molecule has 0 aliphatic carbocycles. The molecule has 84 valence electrons. The number of hydrogen-bond donors (Lipinski definition) is 0. The summed E-state index contributed by atoms with van der Waals surface area (Å²) in [4.78, 5) is 8.01. The van der Waals surface area contributed by atoms with Gasteiger partial charge in [-0.05, 0) is 5.56 Å². The number of benzene rings is 1. The summed E-state index contributed by atoms with van der Waals surface area (Å²) in [5.74, 6) is 0. The van der Waals surface area contributed by atoms with Crippen molar-refractivity contribution in [2.24, 2.45) is 0 Å². The SMILES string of the molecule is Clc1ncnc2c1nnn2Cc1ccccc1. The predicted molar refractivity (Wildman–Crippen MR) is 63.7 cm³/mol. The smallest absolute Gasteiger partial charge is 0.183 e. The van der Waals surface area contributed by atoms with Gasteiger partial charge in [0, 0.05) is 0 Å². The van der Waals surface area contributed by atoms with E-state index in [4.69, 9.17) is 11.6 Å². The zero-order valence-corrected chi connectivity index (χ0v) is 9.54. The Labute approximate surface area is 102 Å². The van der Waals surface area contributed by atoms with Crippen LogP contribution in [-0.4, -0.2) is 25.0 Å². The second kappa shape index (κ2) is 4.10. The van der Waals surface area contributed by atoms with E-state index >= 15 is 0 Å². The third-order valence-corrected chi connectivity index (χ3v) is 2.71. The van der Waals surface area contributed by atoms with E-state index in [1.54, 1.807) is 4.68 Å². The molecule has 0 aliphatic rings. The van der Waals surface area contributed by atoms with Crippen molar-refractivity contribution in [1.29, 1.82) is 0 Å². The van der Waals surface area contributed by atoms with Gasteiger partial charge in [0.05, 0.1) is 6.54 Å². The molecule has 0 N–H and O–H groups in total. The molecule has 1 aromatic carbocycles. The maximum Gasteiger partial charge on any atom is 0.183 e. The molecule has 0 aliphatic heterocycles. The summed E-state index contributed by atoms with van der Waals surface area (Å²) < 4.78 is 1.71. The summed E-state index contributed by atoms with van der Waals surface area (Å²) in [6, 6.07) is 9.99. The third kappa shape index (κ3) is 1.85. The van der Waals surface area contributed by atoms with Crippen LogP contribution in [0.2, 0.25) is 5.15 Å². The van der Waals surface area contributed by atoms with Crippen LogP contribution in [0.15, 0.2) is 36.7 Å².